The van der Waals surface area contributed by atoms with Gasteiger partial charge in [-0.05, 0) is 48.6 Å². The molecule has 0 radical (unpaired) electrons. The highest BCUT2D eigenvalue weighted by Crippen LogP contribution is 2.11. The fourth-order valence-electron chi connectivity index (χ4n) is 2.50. The van der Waals surface area contributed by atoms with Crippen LogP contribution in [-0.2, 0) is 13.0 Å². The number of amides is 2. The van der Waals surface area contributed by atoms with Crippen LogP contribution < -0.4 is 10.6 Å². The average molecular weight is 337 g/mol. The molecule has 0 aliphatic carbocycles. The van der Waals surface area contributed by atoms with E-state index < -0.39 is 0 Å². The number of anilines is 1. The Balaban J connectivity index is 1.50. The summed E-state index contributed by atoms with van der Waals surface area (Å²) in [5.41, 5.74) is 2.79. The van der Waals surface area contributed by atoms with E-state index in [1.807, 2.05) is 42.7 Å². The summed E-state index contributed by atoms with van der Waals surface area (Å²) in [6.07, 6.45) is 5.80. The largest absolute Gasteiger partial charge is 0.346 e. The van der Waals surface area contributed by atoms with Crippen LogP contribution in [0.3, 0.4) is 0 Å². The molecule has 6 nitrogen and oxygen atoms in total. The van der Waals surface area contributed by atoms with Gasteiger partial charge in [-0.1, -0.05) is 19.9 Å². The van der Waals surface area contributed by atoms with Crippen LogP contribution >= 0.6 is 0 Å². The molecule has 0 fully saturated rings. The Labute approximate surface area is 147 Å². The first-order valence-corrected chi connectivity index (χ1v) is 8.53. The van der Waals surface area contributed by atoms with Gasteiger partial charge in [-0.2, -0.15) is 0 Å². The summed E-state index contributed by atoms with van der Waals surface area (Å²) >= 11 is 0. The number of hydrogen-bond acceptors (Lipinski definition) is 3. The number of fused-ring (bicyclic) bond motifs is 1. The number of hydrogen-bond donors (Lipinski definition) is 3. The topological polar surface area (TPSA) is 82.7 Å². The van der Waals surface area contributed by atoms with Crippen molar-refractivity contribution >= 4 is 22.9 Å². The van der Waals surface area contributed by atoms with Crippen LogP contribution in [0.2, 0.25) is 0 Å². The zero-order valence-corrected chi connectivity index (χ0v) is 14.5. The Bertz CT molecular complexity index is 838. The Kier molecular flexibility index (Phi) is 5.28. The molecule has 6 heteroatoms. The third kappa shape index (κ3) is 4.79. The summed E-state index contributed by atoms with van der Waals surface area (Å²) in [7, 11) is 0. The Morgan fingerprint density at radius 1 is 1.20 bits per heavy atom. The monoisotopic (exact) mass is 337 g/mol. The normalized spacial score (nSPS) is 11.0. The number of aromatic nitrogens is 3. The van der Waals surface area contributed by atoms with Crippen LogP contribution in [0, 0.1) is 5.92 Å². The minimum absolute atomic E-state index is 0.296. The fraction of sp³-hybridized carbons (Fsp3) is 0.316. The first-order chi connectivity index (χ1) is 12.1. The second-order valence-corrected chi connectivity index (χ2v) is 6.51. The van der Waals surface area contributed by atoms with Crippen molar-refractivity contribution in [3.05, 3.63) is 54.0 Å². The molecule has 130 valence electrons. The molecular weight excluding hydrogens is 314 g/mol. The lowest BCUT2D eigenvalue weighted by molar-refractivity contribution is 0.251. The van der Waals surface area contributed by atoms with Gasteiger partial charge >= 0.3 is 6.03 Å². The van der Waals surface area contributed by atoms with Gasteiger partial charge in [0.25, 0.3) is 0 Å². The molecule has 0 saturated heterocycles. The highest BCUT2D eigenvalue weighted by molar-refractivity contribution is 5.88. The summed E-state index contributed by atoms with van der Waals surface area (Å²) in [6.45, 7) is 4.76. The van der Waals surface area contributed by atoms with Crippen molar-refractivity contribution in [3.63, 3.8) is 0 Å². The molecule has 0 atom stereocenters. The molecular formula is C19H23N5O. The first-order valence-electron chi connectivity index (χ1n) is 8.53. The summed E-state index contributed by atoms with van der Waals surface area (Å²) < 4.78 is 0. The highest BCUT2D eigenvalue weighted by atomic mass is 16.2. The maximum absolute atomic E-state index is 12.0. The number of carbonyl (C=O) groups is 1. The van der Waals surface area contributed by atoms with Gasteiger partial charge in [-0.3, -0.25) is 5.32 Å². The van der Waals surface area contributed by atoms with Crippen molar-refractivity contribution in [2.24, 2.45) is 5.92 Å². The second-order valence-electron chi connectivity index (χ2n) is 6.51. The quantitative estimate of drug-likeness (QED) is 0.638. The van der Waals surface area contributed by atoms with Gasteiger partial charge in [0.1, 0.15) is 11.5 Å². The van der Waals surface area contributed by atoms with Gasteiger partial charge in [0, 0.05) is 17.8 Å². The smallest absolute Gasteiger partial charge is 0.320 e. The minimum atomic E-state index is -0.296. The molecule has 0 unspecified atom stereocenters. The van der Waals surface area contributed by atoms with Crippen LogP contribution in [0.15, 0.2) is 42.7 Å². The van der Waals surface area contributed by atoms with Crippen LogP contribution in [0.25, 0.3) is 11.0 Å². The Hall–Kier alpha value is -2.89. The van der Waals surface area contributed by atoms with Crippen molar-refractivity contribution in [1.29, 1.82) is 0 Å². The van der Waals surface area contributed by atoms with Gasteiger partial charge in [0.2, 0.25) is 0 Å². The molecule has 3 N–H and O–H groups in total. The molecule has 2 amide bonds. The van der Waals surface area contributed by atoms with Crippen LogP contribution in [0.4, 0.5) is 10.6 Å². The predicted molar refractivity (Wildman–Crippen MR) is 99.3 cm³/mol. The standard InChI is InChI=1S/C19H23N5O/c1-13(2)3-4-14-5-8-17(21-11-14)24-19(25)22-12-16-7-6-15-9-10-20-18(15)23-16/h5-11,13H,3-4,12H2,1-2H3,(H,20,23)(H2,21,22,24,25). The summed E-state index contributed by atoms with van der Waals surface area (Å²) in [4.78, 5) is 23.8. The average Bonchev–Trinajstić information content (AvgIpc) is 3.07. The van der Waals surface area contributed by atoms with E-state index in [0.717, 1.165) is 29.6 Å². The molecule has 25 heavy (non-hydrogen) atoms. The maximum Gasteiger partial charge on any atom is 0.320 e. The number of pyridine rings is 2. The summed E-state index contributed by atoms with van der Waals surface area (Å²) in [5.74, 6) is 1.21. The minimum Gasteiger partial charge on any atom is -0.346 e. The summed E-state index contributed by atoms with van der Waals surface area (Å²) in [6, 6.07) is 9.38. The van der Waals surface area contributed by atoms with Gasteiger partial charge < -0.3 is 10.3 Å². The molecule has 3 rings (SSSR count). The number of nitrogens with one attached hydrogen (secondary N) is 3. The van der Waals surface area contributed by atoms with Gasteiger partial charge in [-0.25, -0.2) is 14.8 Å². The van der Waals surface area contributed by atoms with Crippen molar-refractivity contribution in [3.8, 4) is 0 Å². The van der Waals surface area contributed by atoms with Crippen molar-refractivity contribution < 1.29 is 4.79 Å². The van der Waals surface area contributed by atoms with Gasteiger partial charge in [0.15, 0.2) is 0 Å². The number of nitrogens with zero attached hydrogens (tertiary/aromatic N) is 2. The lowest BCUT2D eigenvalue weighted by Crippen LogP contribution is -2.28. The number of aryl methyl sites for hydroxylation is 1. The zero-order chi connectivity index (χ0) is 17.6. The number of urea groups is 1. The molecule has 0 spiro atoms. The number of H-pyrrole nitrogens is 1. The van der Waals surface area contributed by atoms with E-state index in [-0.39, 0.29) is 6.03 Å². The molecule has 0 aromatic carbocycles. The van der Waals surface area contributed by atoms with Crippen molar-refractivity contribution in [1.82, 2.24) is 20.3 Å². The molecule has 3 aromatic rings. The van der Waals surface area contributed by atoms with Crippen LogP contribution in [0.5, 0.6) is 0 Å². The van der Waals surface area contributed by atoms with Gasteiger partial charge in [-0.15, -0.1) is 0 Å². The fourth-order valence-corrected chi connectivity index (χ4v) is 2.50. The van der Waals surface area contributed by atoms with E-state index in [9.17, 15) is 4.79 Å². The molecule has 3 aromatic heterocycles. The lowest BCUT2D eigenvalue weighted by Gasteiger charge is -2.08. The number of rotatable bonds is 6. The van der Waals surface area contributed by atoms with E-state index in [1.54, 1.807) is 0 Å². The molecule has 0 bridgehead atoms. The summed E-state index contributed by atoms with van der Waals surface area (Å²) in [5, 5.41) is 6.58. The molecule has 0 aliphatic rings. The second kappa shape index (κ2) is 7.79. The van der Waals surface area contributed by atoms with E-state index in [4.69, 9.17) is 0 Å². The molecule has 0 aliphatic heterocycles. The Morgan fingerprint density at radius 3 is 2.84 bits per heavy atom. The number of aromatic amines is 1. The zero-order valence-electron chi connectivity index (χ0n) is 14.5. The maximum atomic E-state index is 12.0. The highest BCUT2D eigenvalue weighted by Gasteiger charge is 2.05. The third-order valence-corrected chi connectivity index (χ3v) is 3.97. The van der Waals surface area contributed by atoms with E-state index in [0.29, 0.717) is 18.3 Å². The first kappa shape index (κ1) is 17.0. The van der Waals surface area contributed by atoms with E-state index in [2.05, 4.69) is 39.4 Å². The number of carbonyl (C=O) groups excluding carboxylic acids is 1. The van der Waals surface area contributed by atoms with E-state index >= 15 is 0 Å². The molecule has 3 heterocycles. The van der Waals surface area contributed by atoms with Crippen LogP contribution in [0.1, 0.15) is 31.5 Å². The lowest BCUT2D eigenvalue weighted by atomic mass is 10.0. The van der Waals surface area contributed by atoms with Crippen LogP contribution in [-0.4, -0.2) is 21.0 Å². The Morgan fingerprint density at radius 2 is 2.08 bits per heavy atom. The van der Waals surface area contributed by atoms with Gasteiger partial charge in [0.05, 0.1) is 12.2 Å². The third-order valence-electron chi connectivity index (χ3n) is 3.97. The molecule has 0 saturated carbocycles. The SMILES string of the molecule is CC(C)CCc1ccc(NC(=O)NCc2ccc3cc[nH]c3n2)nc1. The van der Waals surface area contributed by atoms with Crippen molar-refractivity contribution in [2.45, 2.75) is 33.2 Å². The predicted octanol–water partition coefficient (Wildman–Crippen LogP) is 3.87. The van der Waals surface area contributed by atoms with E-state index in [1.165, 1.54) is 5.56 Å². The van der Waals surface area contributed by atoms with Crippen molar-refractivity contribution in [2.75, 3.05) is 5.32 Å².